The van der Waals surface area contributed by atoms with Crippen molar-refractivity contribution in [2.45, 2.75) is 64.6 Å². The van der Waals surface area contributed by atoms with Crippen LogP contribution in [0.25, 0.3) is 11.6 Å². The van der Waals surface area contributed by atoms with Crippen molar-refractivity contribution < 1.29 is 19.1 Å². The maximum atomic E-state index is 12.3. The fourth-order valence-corrected chi connectivity index (χ4v) is 5.16. The van der Waals surface area contributed by atoms with Crippen LogP contribution >= 0.6 is 11.6 Å². The highest BCUT2D eigenvalue weighted by Gasteiger charge is 2.28. The van der Waals surface area contributed by atoms with Gasteiger partial charge in [0.05, 0.1) is 0 Å². The molecule has 5 nitrogen and oxygen atoms in total. The zero-order chi connectivity index (χ0) is 27.1. The first-order valence-electron chi connectivity index (χ1n) is 12.9. The smallest absolute Gasteiger partial charge is 0.256 e. The SMILES string of the molecule is CC1(C)CCc2cc(C=C3C(=O)Nc4ccc(Cl)cc43)ccc2O1.CC1(C)CCc2cc(C=O)ccc2O1. The highest BCUT2D eigenvalue weighted by Crippen LogP contribution is 2.37. The number of carbonyl (C=O) groups is 2. The third-order valence-corrected chi connectivity index (χ3v) is 7.38. The Bertz CT molecular complexity index is 1450. The van der Waals surface area contributed by atoms with E-state index in [4.69, 9.17) is 21.1 Å². The van der Waals surface area contributed by atoms with Crippen molar-refractivity contribution >= 4 is 41.1 Å². The summed E-state index contributed by atoms with van der Waals surface area (Å²) in [7, 11) is 0. The highest BCUT2D eigenvalue weighted by molar-refractivity contribution is 6.36. The minimum atomic E-state index is -0.117. The average molecular weight is 530 g/mol. The van der Waals surface area contributed by atoms with E-state index in [0.717, 1.165) is 71.4 Å². The van der Waals surface area contributed by atoms with Crippen LogP contribution in [0.2, 0.25) is 5.02 Å². The molecule has 3 heterocycles. The predicted octanol–water partition coefficient (Wildman–Crippen LogP) is 7.54. The number of ether oxygens (including phenoxy) is 2. The molecule has 3 aromatic carbocycles. The van der Waals surface area contributed by atoms with Gasteiger partial charge in [-0.2, -0.15) is 0 Å². The summed E-state index contributed by atoms with van der Waals surface area (Å²) in [6.45, 7) is 8.39. The van der Waals surface area contributed by atoms with Crippen molar-refractivity contribution in [2.75, 3.05) is 5.32 Å². The third-order valence-electron chi connectivity index (χ3n) is 7.15. The van der Waals surface area contributed by atoms with Crippen molar-refractivity contribution in [3.05, 3.63) is 87.4 Å². The van der Waals surface area contributed by atoms with Gasteiger partial charge in [0.15, 0.2) is 0 Å². The minimum absolute atomic E-state index is 0.0737. The first-order valence-corrected chi connectivity index (χ1v) is 13.3. The predicted molar refractivity (Wildman–Crippen MR) is 152 cm³/mol. The Balaban J connectivity index is 0.000000179. The monoisotopic (exact) mass is 529 g/mol. The molecule has 6 rings (SSSR count). The Hall–Kier alpha value is -3.57. The lowest BCUT2D eigenvalue weighted by atomic mass is 9.93. The highest BCUT2D eigenvalue weighted by atomic mass is 35.5. The molecular formula is C32H32ClNO4. The largest absolute Gasteiger partial charge is 0.488 e. The van der Waals surface area contributed by atoms with Crippen molar-refractivity contribution in [2.24, 2.45) is 0 Å². The minimum Gasteiger partial charge on any atom is -0.488 e. The van der Waals surface area contributed by atoms with Gasteiger partial charge in [-0.3, -0.25) is 9.59 Å². The van der Waals surface area contributed by atoms with Crippen molar-refractivity contribution in [1.82, 2.24) is 0 Å². The van der Waals surface area contributed by atoms with Crippen LogP contribution in [0.5, 0.6) is 11.5 Å². The molecule has 0 unspecified atom stereocenters. The van der Waals surface area contributed by atoms with E-state index in [2.05, 4.69) is 39.1 Å². The standard InChI is InChI=1S/C20H18ClNO2.C12H14O2/c1-20(2)8-7-13-9-12(3-6-18(13)24-20)10-16-15-11-14(21)4-5-17(15)22-19(16)23;1-12(2)6-5-10-7-9(8-13)3-4-11(10)14-12/h3-6,9-11H,7-8H2,1-2H3,(H,22,23);3-4,7-8H,5-6H2,1-2H3. The molecule has 3 aliphatic heterocycles. The summed E-state index contributed by atoms with van der Waals surface area (Å²) in [5.74, 6) is 1.77. The van der Waals surface area contributed by atoms with Crippen molar-refractivity contribution in [3.63, 3.8) is 0 Å². The Morgan fingerprint density at radius 1 is 0.816 bits per heavy atom. The van der Waals surface area contributed by atoms with Gasteiger partial charge in [0.25, 0.3) is 5.91 Å². The molecule has 0 aliphatic carbocycles. The lowest BCUT2D eigenvalue weighted by molar-refractivity contribution is -0.110. The molecule has 3 aromatic rings. The Kier molecular flexibility index (Phi) is 6.83. The number of halogens is 1. The van der Waals surface area contributed by atoms with Gasteiger partial charge in [-0.05, 0) is 125 Å². The van der Waals surface area contributed by atoms with Gasteiger partial charge in [-0.15, -0.1) is 0 Å². The molecule has 38 heavy (non-hydrogen) atoms. The van der Waals surface area contributed by atoms with Gasteiger partial charge >= 0.3 is 0 Å². The summed E-state index contributed by atoms with van der Waals surface area (Å²) in [5, 5.41) is 3.50. The number of anilines is 1. The molecular weight excluding hydrogens is 498 g/mol. The fraction of sp³-hybridized carbons (Fsp3) is 0.312. The second-order valence-corrected chi connectivity index (χ2v) is 11.7. The third kappa shape index (κ3) is 5.63. The van der Waals surface area contributed by atoms with E-state index in [9.17, 15) is 9.59 Å². The summed E-state index contributed by atoms with van der Waals surface area (Å²) in [4.78, 5) is 22.9. The second kappa shape index (κ2) is 9.95. The zero-order valence-corrected chi connectivity index (χ0v) is 22.9. The van der Waals surface area contributed by atoms with Gasteiger partial charge in [0.1, 0.15) is 29.0 Å². The lowest BCUT2D eigenvalue weighted by Gasteiger charge is -2.32. The maximum absolute atomic E-state index is 12.3. The van der Waals surface area contributed by atoms with E-state index in [0.29, 0.717) is 10.6 Å². The lowest BCUT2D eigenvalue weighted by Crippen LogP contribution is -2.32. The molecule has 0 bridgehead atoms. The number of nitrogens with one attached hydrogen (secondary N) is 1. The molecule has 0 fully saturated rings. The van der Waals surface area contributed by atoms with Gasteiger partial charge < -0.3 is 14.8 Å². The number of benzene rings is 3. The van der Waals surface area contributed by atoms with Crippen LogP contribution in [0.4, 0.5) is 5.69 Å². The van der Waals surface area contributed by atoms with Gasteiger partial charge in [-0.25, -0.2) is 0 Å². The summed E-state index contributed by atoms with van der Waals surface area (Å²) >= 11 is 6.08. The topological polar surface area (TPSA) is 64.6 Å². The molecule has 0 aromatic heterocycles. The van der Waals surface area contributed by atoms with Crippen LogP contribution in [0.15, 0.2) is 54.6 Å². The van der Waals surface area contributed by atoms with Crippen LogP contribution in [-0.4, -0.2) is 23.4 Å². The van der Waals surface area contributed by atoms with Crippen LogP contribution in [0.1, 0.15) is 73.1 Å². The second-order valence-electron chi connectivity index (χ2n) is 11.3. The summed E-state index contributed by atoms with van der Waals surface area (Å²) < 4.78 is 11.8. The summed E-state index contributed by atoms with van der Waals surface area (Å²) in [6.07, 6.45) is 6.75. The number of amides is 1. The Morgan fingerprint density at radius 3 is 2.00 bits per heavy atom. The summed E-state index contributed by atoms with van der Waals surface area (Å²) in [6, 6.07) is 17.1. The molecule has 1 N–H and O–H groups in total. The van der Waals surface area contributed by atoms with E-state index < -0.39 is 0 Å². The number of rotatable bonds is 2. The van der Waals surface area contributed by atoms with Gasteiger partial charge in [-0.1, -0.05) is 17.7 Å². The number of aryl methyl sites for hydroxylation is 2. The molecule has 0 radical (unpaired) electrons. The maximum Gasteiger partial charge on any atom is 0.256 e. The molecule has 0 spiro atoms. The van der Waals surface area contributed by atoms with Crippen LogP contribution in [0.3, 0.4) is 0 Å². The van der Waals surface area contributed by atoms with Crippen molar-refractivity contribution in [3.8, 4) is 11.5 Å². The van der Waals surface area contributed by atoms with Gasteiger partial charge in [0.2, 0.25) is 0 Å². The van der Waals surface area contributed by atoms with Crippen molar-refractivity contribution in [1.29, 1.82) is 0 Å². The van der Waals surface area contributed by atoms with E-state index in [1.54, 1.807) is 12.1 Å². The van der Waals surface area contributed by atoms with Crippen LogP contribution in [0, 0.1) is 0 Å². The molecule has 0 saturated carbocycles. The number of aldehydes is 1. The number of hydrogen-bond acceptors (Lipinski definition) is 4. The number of fused-ring (bicyclic) bond motifs is 3. The Labute approximate surface area is 228 Å². The molecule has 6 heteroatoms. The quantitative estimate of drug-likeness (QED) is 0.275. The van der Waals surface area contributed by atoms with Crippen LogP contribution in [-0.2, 0) is 17.6 Å². The fourth-order valence-electron chi connectivity index (χ4n) is 4.99. The van der Waals surface area contributed by atoms with E-state index in [1.807, 2.05) is 42.5 Å². The molecule has 1 amide bonds. The van der Waals surface area contributed by atoms with E-state index in [-0.39, 0.29) is 17.1 Å². The van der Waals surface area contributed by atoms with E-state index >= 15 is 0 Å². The number of hydrogen-bond donors (Lipinski definition) is 1. The zero-order valence-electron chi connectivity index (χ0n) is 22.2. The first kappa shape index (κ1) is 26.1. The number of carbonyl (C=O) groups excluding carboxylic acids is 2. The first-order chi connectivity index (χ1) is 18.0. The summed E-state index contributed by atoms with van der Waals surface area (Å²) in [5.41, 5.74) is 6.17. The van der Waals surface area contributed by atoms with E-state index in [1.165, 1.54) is 5.56 Å². The average Bonchev–Trinajstić information content (AvgIpc) is 3.17. The van der Waals surface area contributed by atoms with Gasteiger partial charge in [0, 0.05) is 27.4 Å². The van der Waals surface area contributed by atoms with Crippen LogP contribution < -0.4 is 14.8 Å². The molecule has 3 aliphatic rings. The normalized spacial score (nSPS) is 19.0. The Morgan fingerprint density at radius 2 is 1.39 bits per heavy atom. The molecule has 196 valence electrons. The molecule has 0 saturated heterocycles. The molecule has 0 atom stereocenters.